The lowest BCUT2D eigenvalue weighted by atomic mass is 10.1. The maximum Gasteiger partial charge on any atom is 0.358 e. The fourth-order valence-electron chi connectivity index (χ4n) is 1.37. The minimum absolute atomic E-state index is 0.00377. The highest BCUT2D eigenvalue weighted by atomic mass is 19.3. The number of anilines is 1. The molecular weight excluding hydrogens is 208 g/mol. The number of rotatable bonds is 2. The summed E-state index contributed by atoms with van der Waals surface area (Å²) in [5, 5.41) is 8.75. The molecule has 1 N–H and O–H groups in total. The van der Waals surface area contributed by atoms with Gasteiger partial charge in [0.2, 0.25) is 0 Å². The zero-order valence-electron chi connectivity index (χ0n) is 7.52. The van der Waals surface area contributed by atoms with Crippen molar-refractivity contribution in [2.24, 2.45) is 0 Å². The highest BCUT2D eigenvalue weighted by Gasteiger charge is 2.45. The quantitative estimate of drug-likeness (QED) is 0.783. The van der Waals surface area contributed by atoms with E-state index in [1.807, 2.05) is 0 Å². The minimum atomic E-state index is -2.76. The van der Waals surface area contributed by atoms with E-state index in [1.165, 1.54) is 17.3 Å². The van der Waals surface area contributed by atoms with Crippen LogP contribution >= 0.6 is 0 Å². The van der Waals surface area contributed by atoms with E-state index in [0.29, 0.717) is 0 Å². The Morgan fingerprint density at radius 1 is 1.40 bits per heavy atom. The molecule has 0 radical (unpaired) electrons. The molecule has 0 unspecified atom stereocenters. The Morgan fingerprint density at radius 3 is 2.53 bits per heavy atom. The number of halogens is 2. The number of aromatic nitrogens is 2. The smallest absolute Gasteiger partial charge is 0.358 e. The molecule has 1 saturated heterocycles. The summed E-state index contributed by atoms with van der Waals surface area (Å²) >= 11 is 0. The molecule has 0 amide bonds. The van der Waals surface area contributed by atoms with Crippen molar-refractivity contribution >= 4 is 11.8 Å². The molecule has 0 aromatic carbocycles. The van der Waals surface area contributed by atoms with Gasteiger partial charge in [-0.15, -0.1) is 0 Å². The van der Waals surface area contributed by atoms with Gasteiger partial charge in [-0.3, -0.25) is 0 Å². The average Bonchev–Trinajstić information content (AvgIpc) is 2.14. The highest BCUT2D eigenvalue weighted by molar-refractivity contribution is 5.91. The van der Waals surface area contributed by atoms with Crippen molar-refractivity contribution in [3.8, 4) is 0 Å². The Labute approximate surface area is 83.4 Å². The SMILES string of the molecule is O=C(O)c1nccnc1N1CC(F)(F)C1. The molecule has 0 bridgehead atoms. The van der Waals surface area contributed by atoms with E-state index in [2.05, 4.69) is 9.97 Å². The van der Waals surface area contributed by atoms with Crippen molar-refractivity contribution in [1.82, 2.24) is 9.97 Å². The van der Waals surface area contributed by atoms with Gasteiger partial charge < -0.3 is 10.0 Å². The summed E-state index contributed by atoms with van der Waals surface area (Å²) < 4.78 is 25.1. The van der Waals surface area contributed by atoms with Crippen LogP contribution in [0.3, 0.4) is 0 Å². The number of carboxylic acids is 1. The summed E-state index contributed by atoms with van der Waals surface area (Å²) in [6.07, 6.45) is 2.49. The molecule has 7 heteroatoms. The minimum Gasteiger partial charge on any atom is -0.476 e. The van der Waals surface area contributed by atoms with Crippen LogP contribution in [0.25, 0.3) is 0 Å². The summed E-state index contributed by atoms with van der Waals surface area (Å²) in [5.74, 6) is -4.03. The third-order valence-electron chi connectivity index (χ3n) is 2.03. The molecule has 0 spiro atoms. The van der Waals surface area contributed by atoms with E-state index in [0.717, 1.165) is 0 Å². The Kier molecular flexibility index (Phi) is 2.02. The van der Waals surface area contributed by atoms with Gasteiger partial charge in [0.15, 0.2) is 11.5 Å². The third kappa shape index (κ3) is 1.72. The van der Waals surface area contributed by atoms with Gasteiger partial charge in [-0.25, -0.2) is 23.5 Å². The van der Waals surface area contributed by atoms with Gasteiger partial charge in [0, 0.05) is 12.4 Å². The second-order valence-corrected chi connectivity index (χ2v) is 3.25. The number of alkyl halides is 2. The van der Waals surface area contributed by atoms with Crippen LogP contribution in [-0.2, 0) is 0 Å². The highest BCUT2D eigenvalue weighted by Crippen LogP contribution is 2.31. The van der Waals surface area contributed by atoms with E-state index >= 15 is 0 Å². The first-order valence-corrected chi connectivity index (χ1v) is 4.17. The topological polar surface area (TPSA) is 66.3 Å². The van der Waals surface area contributed by atoms with Crippen LogP contribution in [-0.4, -0.2) is 40.1 Å². The lowest BCUT2D eigenvalue weighted by Gasteiger charge is -2.39. The first kappa shape index (κ1) is 9.75. The predicted octanol–water partition coefficient (Wildman–Crippen LogP) is 0.630. The molecule has 1 aliphatic heterocycles. The average molecular weight is 215 g/mol. The lowest BCUT2D eigenvalue weighted by molar-refractivity contribution is -0.0269. The van der Waals surface area contributed by atoms with Gasteiger partial charge in [-0.05, 0) is 0 Å². The molecule has 0 atom stereocenters. The van der Waals surface area contributed by atoms with E-state index in [9.17, 15) is 13.6 Å². The molecule has 1 aromatic rings. The standard InChI is InChI=1S/C8H7F2N3O2/c9-8(10)3-13(4-8)6-5(7(14)15)11-1-2-12-6/h1-2H,3-4H2,(H,14,15). The first-order valence-electron chi connectivity index (χ1n) is 4.17. The molecule has 80 valence electrons. The van der Waals surface area contributed by atoms with Crippen molar-refractivity contribution in [3.05, 3.63) is 18.1 Å². The monoisotopic (exact) mass is 215 g/mol. The van der Waals surface area contributed by atoms with E-state index in [1.54, 1.807) is 0 Å². The second kappa shape index (κ2) is 3.11. The van der Waals surface area contributed by atoms with Crippen molar-refractivity contribution in [3.63, 3.8) is 0 Å². The zero-order valence-corrected chi connectivity index (χ0v) is 7.52. The zero-order chi connectivity index (χ0) is 11.1. The molecule has 1 fully saturated rings. The van der Waals surface area contributed by atoms with Crippen LogP contribution < -0.4 is 4.90 Å². The van der Waals surface area contributed by atoms with Gasteiger partial charge in [0.25, 0.3) is 5.92 Å². The Balaban J connectivity index is 2.26. The molecule has 1 aromatic heterocycles. The Morgan fingerprint density at radius 2 is 2.00 bits per heavy atom. The predicted molar refractivity (Wildman–Crippen MR) is 46.2 cm³/mol. The summed E-state index contributed by atoms with van der Waals surface area (Å²) in [6, 6.07) is 0. The van der Waals surface area contributed by atoms with E-state index in [4.69, 9.17) is 5.11 Å². The van der Waals surface area contributed by atoms with Gasteiger partial charge >= 0.3 is 5.97 Å². The molecule has 2 rings (SSSR count). The molecule has 5 nitrogen and oxygen atoms in total. The fourth-order valence-corrected chi connectivity index (χ4v) is 1.37. The molecule has 0 saturated carbocycles. The van der Waals surface area contributed by atoms with Crippen molar-refractivity contribution in [2.45, 2.75) is 5.92 Å². The maximum absolute atomic E-state index is 12.6. The third-order valence-corrected chi connectivity index (χ3v) is 2.03. The Hall–Kier alpha value is -1.79. The number of hydrogen-bond acceptors (Lipinski definition) is 4. The number of carbonyl (C=O) groups is 1. The summed E-state index contributed by atoms with van der Waals surface area (Å²) in [4.78, 5) is 19.2. The number of aromatic carboxylic acids is 1. The van der Waals surface area contributed by atoms with Crippen molar-refractivity contribution < 1.29 is 18.7 Å². The van der Waals surface area contributed by atoms with Crippen LogP contribution in [0.4, 0.5) is 14.6 Å². The second-order valence-electron chi connectivity index (χ2n) is 3.25. The summed E-state index contributed by atoms with van der Waals surface area (Å²) in [7, 11) is 0. The van der Waals surface area contributed by atoms with Gasteiger partial charge in [0.05, 0.1) is 13.1 Å². The Bertz CT molecular complexity index is 403. The van der Waals surface area contributed by atoms with Crippen LogP contribution in [0.2, 0.25) is 0 Å². The summed E-state index contributed by atoms with van der Waals surface area (Å²) in [5.41, 5.74) is -0.298. The number of nitrogens with zero attached hydrogens (tertiary/aromatic N) is 3. The van der Waals surface area contributed by atoms with Crippen LogP contribution in [0.15, 0.2) is 12.4 Å². The largest absolute Gasteiger partial charge is 0.476 e. The maximum atomic E-state index is 12.6. The van der Waals surface area contributed by atoms with Crippen LogP contribution in [0.1, 0.15) is 10.5 Å². The van der Waals surface area contributed by atoms with Crippen LogP contribution in [0.5, 0.6) is 0 Å². The fraction of sp³-hybridized carbons (Fsp3) is 0.375. The summed E-state index contributed by atoms with van der Waals surface area (Å²) in [6.45, 7) is -1.02. The molecular formula is C8H7F2N3O2. The van der Waals surface area contributed by atoms with Gasteiger partial charge in [-0.2, -0.15) is 0 Å². The van der Waals surface area contributed by atoms with Crippen LogP contribution in [0, 0.1) is 0 Å². The lowest BCUT2D eigenvalue weighted by Crippen LogP contribution is -2.57. The van der Waals surface area contributed by atoms with Gasteiger partial charge in [-0.1, -0.05) is 0 Å². The van der Waals surface area contributed by atoms with Crippen molar-refractivity contribution in [1.29, 1.82) is 0 Å². The number of carboxylic acid groups (broad SMARTS) is 1. The normalized spacial score (nSPS) is 18.4. The van der Waals surface area contributed by atoms with Gasteiger partial charge in [0.1, 0.15) is 0 Å². The van der Waals surface area contributed by atoms with E-state index < -0.39 is 25.0 Å². The molecule has 15 heavy (non-hydrogen) atoms. The van der Waals surface area contributed by atoms with Crippen molar-refractivity contribution in [2.75, 3.05) is 18.0 Å². The molecule has 0 aliphatic carbocycles. The molecule has 2 heterocycles. The molecule has 1 aliphatic rings. The van der Waals surface area contributed by atoms with E-state index in [-0.39, 0.29) is 11.5 Å². The first-order chi connectivity index (χ1) is 6.99. The number of hydrogen-bond donors (Lipinski definition) is 1.